The molecule has 2 N–H and O–H groups in total. The van der Waals surface area contributed by atoms with Crippen molar-refractivity contribution >= 4 is 17.6 Å². The lowest BCUT2D eigenvalue weighted by molar-refractivity contribution is 0.00922. The van der Waals surface area contributed by atoms with Crippen molar-refractivity contribution in [2.24, 2.45) is 5.92 Å². The van der Waals surface area contributed by atoms with Gasteiger partial charge in [-0.3, -0.25) is 14.7 Å². The zero-order valence-electron chi connectivity index (χ0n) is 25.3. The van der Waals surface area contributed by atoms with E-state index in [1.54, 1.807) is 43.5 Å². The van der Waals surface area contributed by atoms with Crippen molar-refractivity contribution in [3.63, 3.8) is 0 Å². The molecule has 3 atom stereocenters. The van der Waals surface area contributed by atoms with Crippen LogP contribution in [0.15, 0.2) is 66.9 Å². The summed E-state index contributed by atoms with van der Waals surface area (Å²) in [6, 6.07) is 19.4. The van der Waals surface area contributed by atoms with Crippen molar-refractivity contribution in [3.8, 4) is 17.0 Å². The minimum atomic E-state index is -0.308. The number of pyridine rings is 1. The summed E-state index contributed by atoms with van der Waals surface area (Å²) in [4.78, 5) is 34.4. The molecule has 0 unspecified atom stereocenters. The van der Waals surface area contributed by atoms with E-state index >= 15 is 0 Å². The second-order valence-electron chi connectivity index (χ2n) is 11.0. The van der Waals surface area contributed by atoms with Gasteiger partial charge in [-0.25, -0.2) is 4.79 Å². The Hall–Kier alpha value is -3.95. The Balaban J connectivity index is 1.57. The SMILES string of the molecule is CCCNC(=O)Nc1ccc2c(c1)C(=O)N(C)C[C@H](OC)[C@H](C)CN(Cc1ccc(-c3ccccn3)cc1)[C@@H](C)CO2. The molecular formula is C33H43N5O4. The number of nitrogens with one attached hydrogen (secondary N) is 2. The average Bonchev–Trinajstić information content (AvgIpc) is 3.01. The molecule has 0 fully saturated rings. The lowest BCUT2D eigenvalue weighted by atomic mass is 10.0. The maximum absolute atomic E-state index is 13.6. The van der Waals surface area contributed by atoms with Crippen LogP contribution in [-0.4, -0.2) is 79.3 Å². The van der Waals surface area contributed by atoms with E-state index in [4.69, 9.17) is 9.47 Å². The highest BCUT2D eigenvalue weighted by molar-refractivity contribution is 5.99. The van der Waals surface area contributed by atoms with Crippen LogP contribution in [0.3, 0.4) is 0 Å². The van der Waals surface area contributed by atoms with Gasteiger partial charge in [0.1, 0.15) is 12.4 Å². The molecule has 0 saturated heterocycles. The largest absolute Gasteiger partial charge is 0.491 e. The predicted molar refractivity (Wildman–Crippen MR) is 166 cm³/mol. The van der Waals surface area contributed by atoms with Gasteiger partial charge in [-0.15, -0.1) is 0 Å². The van der Waals surface area contributed by atoms with Crippen LogP contribution >= 0.6 is 0 Å². The second kappa shape index (κ2) is 14.8. The average molecular weight is 574 g/mol. The van der Waals surface area contributed by atoms with Crippen LogP contribution in [0.5, 0.6) is 5.75 Å². The number of urea groups is 1. The molecule has 9 nitrogen and oxygen atoms in total. The van der Waals surface area contributed by atoms with E-state index in [2.05, 4.69) is 58.6 Å². The lowest BCUT2D eigenvalue weighted by Crippen LogP contribution is -2.46. The minimum Gasteiger partial charge on any atom is -0.491 e. The predicted octanol–water partition coefficient (Wildman–Crippen LogP) is 5.29. The second-order valence-corrected chi connectivity index (χ2v) is 11.0. The Morgan fingerprint density at radius 2 is 1.88 bits per heavy atom. The van der Waals surface area contributed by atoms with Gasteiger partial charge in [0.25, 0.3) is 5.91 Å². The van der Waals surface area contributed by atoms with E-state index in [9.17, 15) is 9.59 Å². The van der Waals surface area contributed by atoms with Crippen LogP contribution in [0.25, 0.3) is 11.3 Å². The number of anilines is 1. The fourth-order valence-corrected chi connectivity index (χ4v) is 5.11. The van der Waals surface area contributed by atoms with Gasteiger partial charge in [-0.2, -0.15) is 0 Å². The summed E-state index contributed by atoms with van der Waals surface area (Å²) in [5, 5.41) is 5.61. The number of aromatic nitrogens is 1. The number of ether oxygens (including phenoxy) is 2. The quantitative estimate of drug-likeness (QED) is 0.399. The fourth-order valence-electron chi connectivity index (χ4n) is 5.11. The highest BCUT2D eigenvalue weighted by Crippen LogP contribution is 2.27. The third-order valence-corrected chi connectivity index (χ3v) is 7.67. The molecule has 0 aliphatic carbocycles. The van der Waals surface area contributed by atoms with Crippen molar-refractivity contribution in [1.29, 1.82) is 0 Å². The molecule has 4 rings (SSSR count). The first kappa shape index (κ1) is 31.0. The summed E-state index contributed by atoms with van der Waals surface area (Å²) >= 11 is 0. The molecule has 42 heavy (non-hydrogen) atoms. The summed E-state index contributed by atoms with van der Waals surface area (Å²) in [5.41, 5.74) is 4.15. The van der Waals surface area contributed by atoms with Crippen LogP contribution in [0.1, 0.15) is 43.1 Å². The Morgan fingerprint density at radius 3 is 2.57 bits per heavy atom. The number of fused-ring (bicyclic) bond motifs is 1. The van der Waals surface area contributed by atoms with Crippen LogP contribution in [-0.2, 0) is 11.3 Å². The molecule has 3 aromatic rings. The summed E-state index contributed by atoms with van der Waals surface area (Å²) in [6.07, 6.45) is 2.48. The smallest absolute Gasteiger partial charge is 0.319 e. The maximum atomic E-state index is 13.6. The molecule has 224 valence electrons. The van der Waals surface area contributed by atoms with E-state index in [1.807, 2.05) is 25.1 Å². The van der Waals surface area contributed by atoms with Crippen molar-refractivity contribution in [3.05, 3.63) is 78.0 Å². The normalized spacial score (nSPS) is 20.1. The topological polar surface area (TPSA) is 96.0 Å². The fraction of sp³-hybridized carbons (Fsp3) is 0.424. The van der Waals surface area contributed by atoms with E-state index in [-0.39, 0.29) is 30.0 Å². The highest BCUT2D eigenvalue weighted by Gasteiger charge is 2.28. The van der Waals surface area contributed by atoms with Crippen molar-refractivity contribution < 1.29 is 19.1 Å². The van der Waals surface area contributed by atoms with E-state index < -0.39 is 0 Å². The van der Waals surface area contributed by atoms with Gasteiger partial charge in [0.05, 0.1) is 17.4 Å². The first-order valence-electron chi connectivity index (χ1n) is 14.6. The number of hydrogen-bond donors (Lipinski definition) is 2. The van der Waals surface area contributed by atoms with Gasteiger partial charge in [-0.05, 0) is 55.2 Å². The molecule has 1 aliphatic heterocycles. The number of methoxy groups -OCH3 is 1. The Morgan fingerprint density at radius 1 is 1.10 bits per heavy atom. The molecule has 1 aliphatic rings. The van der Waals surface area contributed by atoms with E-state index in [1.165, 1.54) is 5.56 Å². The summed E-state index contributed by atoms with van der Waals surface area (Å²) in [7, 11) is 3.47. The molecule has 0 bridgehead atoms. The number of carbonyl (C=O) groups excluding carboxylic acids is 2. The minimum absolute atomic E-state index is 0.0538. The maximum Gasteiger partial charge on any atom is 0.319 e. The summed E-state index contributed by atoms with van der Waals surface area (Å²) in [6.45, 7) is 9.19. The van der Waals surface area contributed by atoms with Crippen LogP contribution in [0.2, 0.25) is 0 Å². The Kier molecular flexibility index (Phi) is 10.9. The van der Waals surface area contributed by atoms with Crippen LogP contribution in [0, 0.1) is 5.92 Å². The number of hydrogen-bond acceptors (Lipinski definition) is 6. The molecule has 3 amide bonds. The van der Waals surface area contributed by atoms with Gasteiger partial charge in [-0.1, -0.05) is 44.2 Å². The molecule has 2 aromatic carbocycles. The number of rotatable bonds is 7. The first-order chi connectivity index (χ1) is 20.3. The third-order valence-electron chi connectivity index (χ3n) is 7.67. The number of amides is 3. The standard InChI is InChI=1S/C33H43N5O4/c1-6-16-35-33(40)36-27-14-15-30-28(18-27)32(39)37(4)21-31(41-5)23(2)19-38(24(3)22-42-30)20-25-10-12-26(13-11-25)29-9-7-8-17-34-29/h7-15,17-18,23-24,31H,6,16,19-22H2,1-5H3,(H2,35,36,40)/t23-,24+,31+/m1/s1. The summed E-state index contributed by atoms with van der Waals surface area (Å²) in [5.74, 6) is 0.449. The van der Waals surface area contributed by atoms with Crippen LogP contribution in [0.4, 0.5) is 10.5 Å². The first-order valence-corrected chi connectivity index (χ1v) is 14.6. The van der Waals surface area contributed by atoms with Gasteiger partial charge >= 0.3 is 6.03 Å². The highest BCUT2D eigenvalue weighted by atomic mass is 16.5. The number of benzene rings is 2. The number of carbonyl (C=O) groups is 2. The molecule has 1 aromatic heterocycles. The van der Waals surface area contributed by atoms with Crippen molar-refractivity contribution in [2.75, 3.05) is 45.7 Å². The third kappa shape index (κ3) is 8.08. The zero-order valence-corrected chi connectivity index (χ0v) is 25.3. The van der Waals surface area contributed by atoms with Gasteiger partial charge in [0, 0.05) is 63.8 Å². The molecule has 2 heterocycles. The van der Waals surface area contributed by atoms with Crippen molar-refractivity contribution in [2.45, 2.75) is 45.9 Å². The van der Waals surface area contributed by atoms with Crippen molar-refractivity contribution in [1.82, 2.24) is 20.1 Å². The summed E-state index contributed by atoms with van der Waals surface area (Å²) < 4.78 is 12.2. The number of nitrogens with zero attached hydrogens (tertiary/aromatic N) is 3. The van der Waals surface area contributed by atoms with Crippen LogP contribution < -0.4 is 15.4 Å². The van der Waals surface area contributed by atoms with Gasteiger partial charge in [0.15, 0.2) is 0 Å². The zero-order chi connectivity index (χ0) is 30.1. The molecule has 0 spiro atoms. The Bertz CT molecular complexity index is 1320. The van der Waals surface area contributed by atoms with Gasteiger partial charge in [0.2, 0.25) is 0 Å². The van der Waals surface area contributed by atoms with E-state index in [0.29, 0.717) is 36.7 Å². The van der Waals surface area contributed by atoms with Gasteiger partial charge < -0.3 is 25.0 Å². The monoisotopic (exact) mass is 573 g/mol. The Labute approximate surface area is 249 Å². The molecule has 0 radical (unpaired) electrons. The molecule has 9 heteroatoms. The molecular weight excluding hydrogens is 530 g/mol. The van der Waals surface area contributed by atoms with E-state index in [0.717, 1.165) is 30.8 Å². The lowest BCUT2D eigenvalue weighted by Gasteiger charge is -2.36. The molecule has 0 saturated carbocycles. The number of likely N-dealkylation sites (N-methyl/N-ethyl adjacent to an activating group) is 1.